The predicted molar refractivity (Wildman–Crippen MR) is 75.7 cm³/mol. The van der Waals surface area contributed by atoms with Crippen molar-refractivity contribution in [3.05, 3.63) is 21.6 Å². The van der Waals surface area contributed by atoms with Crippen LogP contribution in [0.3, 0.4) is 0 Å². The van der Waals surface area contributed by atoms with Gasteiger partial charge in [0.25, 0.3) is 0 Å². The highest BCUT2D eigenvalue weighted by Crippen LogP contribution is 2.35. The monoisotopic (exact) mass is 355 g/mol. The Kier molecular flexibility index (Phi) is 5.46. The molecule has 0 heterocycles. The maximum Gasteiger partial charge on any atom is 0.244 e. The van der Waals surface area contributed by atoms with E-state index in [1.165, 1.54) is 13.2 Å². The van der Waals surface area contributed by atoms with Crippen LogP contribution in [-0.4, -0.2) is 22.1 Å². The molecule has 4 nitrogen and oxygen atoms in total. The van der Waals surface area contributed by atoms with Crippen LogP contribution in [0, 0.1) is 5.92 Å². The Bertz CT molecular complexity index is 531. The minimum atomic E-state index is -3.63. The maximum atomic E-state index is 12.2. The Hall–Kier alpha value is -0.300. The summed E-state index contributed by atoms with van der Waals surface area (Å²) in [6.45, 7) is 4.21. The van der Waals surface area contributed by atoms with E-state index >= 15 is 0 Å². The molecular formula is C11H15BrClNO3S. The second-order valence-electron chi connectivity index (χ2n) is 4.16. The maximum absolute atomic E-state index is 12.2. The third-order valence-corrected chi connectivity index (χ3v) is 4.39. The SMILES string of the molecule is COc1c(Br)cc(Cl)cc1S(=O)(=O)NCC(C)C. The lowest BCUT2D eigenvalue weighted by Crippen LogP contribution is -2.28. The highest BCUT2D eigenvalue weighted by molar-refractivity contribution is 9.10. The third kappa shape index (κ3) is 3.85. The fraction of sp³-hybridized carbons (Fsp3) is 0.455. The molecule has 0 radical (unpaired) electrons. The van der Waals surface area contributed by atoms with Crippen molar-refractivity contribution in [3.63, 3.8) is 0 Å². The highest BCUT2D eigenvalue weighted by Gasteiger charge is 2.22. The van der Waals surface area contributed by atoms with Crippen LogP contribution < -0.4 is 9.46 Å². The number of nitrogens with one attached hydrogen (secondary N) is 1. The van der Waals surface area contributed by atoms with Crippen LogP contribution in [-0.2, 0) is 10.0 Å². The number of halogens is 2. The van der Waals surface area contributed by atoms with Crippen LogP contribution in [0.25, 0.3) is 0 Å². The molecule has 1 N–H and O–H groups in total. The first-order chi connectivity index (χ1) is 8.27. The third-order valence-electron chi connectivity index (χ3n) is 2.15. The second kappa shape index (κ2) is 6.23. The Morgan fingerprint density at radius 3 is 2.56 bits per heavy atom. The summed E-state index contributed by atoms with van der Waals surface area (Å²) in [7, 11) is -2.22. The average molecular weight is 357 g/mol. The molecule has 0 fully saturated rings. The van der Waals surface area contributed by atoms with Gasteiger partial charge in [-0.25, -0.2) is 13.1 Å². The Labute approximate surface area is 121 Å². The number of hydrogen-bond donors (Lipinski definition) is 1. The molecule has 1 aromatic carbocycles. The molecule has 0 aliphatic heterocycles. The fourth-order valence-corrected chi connectivity index (χ4v) is 3.88. The summed E-state index contributed by atoms with van der Waals surface area (Å²) in [5.74, 6) is 0.462. The van der Waals surface area contributed by atoms with Crippen LogP contribution in [0.5, 0.6) is 5.75 Å². The molecule has 0 amide bonds. The first-order valence-corrected chi connectivity index (χ1v) is 7.96. The minimum absolute atomic E-state index is 0.0324. The molecule has 0 spiro atoms. The normalized spacial score (nSPS) is 11.9. The largest absolute Gasteiger partial charge is 0.494 e. The van der Waals surface area contributed by atoms with Crippen LogP contribution >= 0.6 is 27.5 Å². The summed E-state index contributed by atoms with van der Waals surface area (Å²) in [5.41, 5.74) is 0. The van der Waals surface area contributed by atoms with Crippen molar-refractivity contribution in [1.82, 2.24) is 4.72 Å². The molecule has 0 aromatic heterocycles. The van der Waals surface area contributed by atoms with Gasteiger partial charge in [-0.05, 0) is 34.0 Å². The van der Waals surface area contributed by atoms with Gasteiger partial charge in [0.1, 0.15) is 4.90 Å². The van der Waals surface area contributed by atoms with Gasteiger partial charge in [-0.1, -0.05) is 25.4 Å². The van der Waals surface area contributed by atoms with E-state index in [-0.39, 0.29) is 16.6 Å². The van der Waals surface area contributed by atoms with Gasteiger partial charge < -0.3 is 4.74 Å². The van der Waals surface area contributed by atoms with Gasteiger partial charge in [-0.3, -0.25) is 0 Å². The zero-order valence-electron chi connectivity index (χ0n) is 10.3. The predicted octanol–water partition coefficient (Wildman–Crippen LogP) is 3.05. The highest BCUT2D eigenvalue weighted by atomic mass is 79.9. The van der Waals surface area contributed by atoms with E-state index in [1.54, 1.807) is 6.07 Å². The lowest BCUT2D eigenvalue weighted by molar-refractivity contribution is 0.399. The first-order valence-electron chi connectivity index (χ1n) is 5.30. The van der Waals surface area contributed by atoms with E-state index in [0.717, 1.165) is 0 Å². The van der Waals surface area contributed by atoms with Gasteiger partial charge >= 0.3 is 0 Å². The molecule has 0 saturated heterocycles. The van der Waals surface area contributed by atoms with Gasteiger partial charge in [0, 0.05) is 11.6 Å². The van der Waals surface area contributed by atoms with E-state index in [4.69, 9.17) is 16.3 Å². The molecular weight excluding hydrogens is 342 g/mol. The van der Waals surface area contributed by atoms with Gasteiger partial charge in [-0.2, -0.15) is 0 Å². The molecule has 18 heavy (non-hydrogen) atoms. The quantitative estimate of drug-likeness (QED) is 0.882. The summed E-state index contributed by atoms with van der Waals surface area (Å²) in [6.07, 6.45) is 0. The topological polar surface area (TPSA) is 55.4 Å². The summed E-state index contributed by atoms with van der Waals surface area (Å²) in [6, 6.07) is 2.95. The van der Waals surface area contributed by atoms with Crippen molar-refractivity contribution in [1.29, 1.82) is 0 Å². The number of ether oxygens (including phenoxy) is 1. The molecule has 7 heteroatoms. The van der Waals surface area contributed by atoms with Gasteiger partial charge in [0.15, 0.2) is 5.75 Å². The van der Waals surface area contributed by atoms with Gasteiger partial charge in [0.2, 0.25) is 10.0 Å². The lowest BCUT2D eigenvalue weighted by Gasteiger charge is -2.13. The van der Waals surface area contributed by atoms with Crippen LogP contribution in [0.15, 0.2) is 21.5 Å². The number of sulfonamides is 1. The standard InChI is InChI=1S/C11H15BrClNO3S/c1-7(2)6-14-18(15,16)10-5-8(13)4-9(12)11(10)17-3/h4-5,7,14H,6H2,1-3H3. The molecule has 0 unspecified atom stereocenters. The van der Waals surface area contributed by atoms with Crippen LogP contribution in [0.1, 0.15) is 13.8 Å². The van der Waals surface area contributed by atoms with Crippen LogP contribution in [0.2, 0.25) is 5.02 Å². The molecule has 1 aromatic rings. The van der Waals surface area contributed by atoms with E-state index in [2.05, 4.69) is 20.7 Å². The minimum Gasteiger partial charge on any atom is -0.494 e. The van der Waals surface area contributed by atoms with Gasteiger partial charge in [0.05, 0.1) is 11.6 Å². The molecule has 1 rings (SSSR count). The van der Waals surface area contributed by atoms with Crippen molar-refractivity contribution >= 4 is 37.6 Å². The summed E-state index contributed by atoms with van der Waals surface area (Å²) < 4.78 is 32.4. The second-order valence-corrected chi connectivity index (χ2v) is 7.19. The van der Waals surface area contributed by atoms with Crippen molar-refractivity contribution in [2.24, 2.45) is 5.92 Å². The summed E-state index contributed by atoms with van der Waals surface area (Å²) in [5, 5.41) is 0.326. The zero-order chi connectivity index (χ0) is 13.9. The summed E-state index contributed by atoms with van der Waals surface area (Å²) in [4.78, 5) is 0.0324. The molecule has 0 aliphatic carbocycles. The van der Waals surface area contributed by atoms with E-state index in [1.807, 2.05) is 13.8 Å². The fourth-order valence-electron chi connectivity index (χ4n) is 1.29. The average Bonchev–Trinajstić information content (AvgIpc) is 2.25. The van der Waals surface area contributed by atoms with Crippen molar-refractivity contribution in [2.75, 3.05) is 13.7 Å². The van der Waals surface area contributed by atoms with Crippen LogP contribution in [0.4, 0.5) is 0 Å². The van der Waals surface area contributed by atoms with Gasteiger partial charge in [-0.15, -0.1) is 0 Å². The smallest absolute Gasteiger partial charge is 0.244 e. The summed E-state index contributed by atoms with van der Waals surface area (Å²) >= 11 is 9.10. The number of benzene rings is 1. The van der Waals surface area contributed by atoms with E-state index in [0.29, 0.717) is 16.0 Å². The van der Waals surface area contributed by atoms with Crippen molar-refractivity contribution < 1.29 is 13.2 Å². The number of rotatable bonds is 5. The number of methoxy groups -OCH3 is 1. The van der Waals surface area contributed by atoms with Crippen molar-refractivity contribution in [2.45, 2.75) is 18.7 Å². The zero-order valence-corrected chi connectivity index (χ0v) is 13.5. The Morgan fingerprint density at radius 1 is 1.44 bits per heavy atom. The molecule has 0 bridgehead atoms. The molecule has 0 aliphatic rings. The Morgan fingerprint density at radius 2 is 2.06 bits per heavy atom. The van der Waals surface area contributed by atoms with E-state index < -0.39 is 10.0 Å². The number of hydrogen-bond acceptors (Lipinski definition) is 3. The van der Waals surface area contributed by atoms with Crippen molar-refractivity contribution in [3.8, 4) is 5.75 Å². The first kappa shape index (κ1) is 15.8. The van der Waals surface area contributed by atoms with E-state index in [9.17, 15) is 8.42 Å². The lowest BCUT2D eigenvalue weighted by atomic mass is 10.2. The molecule has 0 saturated carbocycles. The molecule has 102 valence electrons. The Balaban J connectivity index is 3.23. The molecule has 0 atom stereocenters.